The molecule has 0 radical (unpaired) electrons. The molecule has 0 bridgehead atoms. The van der Waals surface area contributed by atoms with Gasteiger partial charge >= 0.3 is 12.4 Å². The first-order valence-electron chi connectivity index (χ1n) is 9.69. The Labute approximate surface area is 174 Å². The van der Waals surface area contributed by atoms with E-state index >= 15 is 0 Å². The molecule has 3 rings (SSSR count). The fourth-order valence-electron chi connectivity index (χ4n) is 3.11. The SMILES string of the molecule is CC(C)Cn1cc(OC2CCN(Oc3ccc(C(F)(F)F)cn3)CC2)c(C(F)(F)F)n1. The summed E-state index contributed by atoms with van der Waals surface area (Å²) in [6.07, 6.45) is -6.91. The molecule has 0 unspecified atom stereocenters. The van der Waals surface area contributed by atoms with Crippen LogP contribution in [-0.2, 0) is 18.9 Å². The summed E-state index contributed by atoms with van der Waals surface area (Å²) < 4.78 is 84.5. The lowest BCUT2D eigenvalue weighted by molar-refractivity contribution is -0.144. The predicted octanol–water partition coefficient (Wildman–Crippen LogP) is 4.81. The standard InChI is InChI=1S/C19H22F6N4O2/c1-12(2)10-28-11-15(17(27-28)19(23,24)25)30-14-5-7-29(8-6-14)31-16-4-3-13(9-26-16)18(20,21)22/h3-4,9,11-12,14H,5-8,10H2,1-2H3. The van der Waals surface area contributed by atoms with Gasteiger partial charge < -0.3 is 9.57 Å². The lowest BCUT2D eigenvalue weighted by Crippen LogP contribution is -2.40. The monoisotopic (exact) mass is 452 g/mol. The van der Waals surface area contributed by atoms with Gasteiger partial charge in [0.1, 0.15) is 6.10 Å². The number of nitrogens with zero attached hydrogens (tertiary/aromatic N) is 4. The molecule has 2 aromatic rings. The van der Waals surface area contributed by atoms with Gasteiger partial charge in [0.25, 0.3) is 0 Å². The van der Waals surface area contributed by atoms with Crippen molar-refractivity contribution in [2.45, 2.75) is 51.7 Å². The molecule has 0 aliphatic carbocycles. The Kier molecular flexibility index (Phi) is 6.68. The molecule has 0 atom stereocenters. The summed E-state index contributed by atoms with van der Waals surface area (Å²) >= 11 is 0. The van der Waals surface area contributed by atoms with Crippen LogP contribution >= 0.6 is 0 Å². The van der Waals surface area contributed by atoms with E-state index in [0.29, 0.717) is 38.7 Å². The van der Waals surface area contributed by atoms with Crippen LogP contribution in [0.15, 0.2) is 24.5 Å². The number of rotatable bonds is 6. The topological polar surface area (TPSA) is 52.4 Å². The van der Waals surface area contributed by atoms with Crippen LogP contribution in [0.5, 0.6) is 11.6 Å². The van der Waals surface area contributed by atoms with Crippen molar-refractivity contribution in [2.75, 3.05) is 13.1 Å². The summed E-state index contributed by atoms with van der Waals surface area (Å²) in [5.41, 5.74) is -1.94. The van der Waals surface area contributed by atoms with E-state index in [4.69, 9.17) is 9.57 Å². The molecule has 172 valence electrons. The predicted molar refractivity (Wildman–Crippen MR) is 97.2 cm³/mol. The van der Waals surface area contributed by atoms with Crippen molar-refractivity contribution in [3.8, 4) is 11.6 Å². The van der Waals surface area contributed by atoms with Gasteiger partial charge in [-0.05, 0) is 12.0 Å². The molecular weight excluding hydrogens is 430 g/mol. The van der Waals surface area contributed by atoms with Crippen molar-refractivity contribution in [3.63, 3.8) is 0 Å². The first-order chi connectivity index (χ1) is 14.4. The Morgan fingerprint density at radius 3 is 2.26 bits per heavy atom. The Morgan fingerprint density at radius 2 is 1.74 bits per heavy atom. The van der Waals surface area contributed by atoms with Gasteiger partial charge in [-0.15, -0.1) is 5.06 Å². The second-order valence-corrected chi connectivity index (χ2v) is 7.68. The van der Waals surface area contributed by atoms with Gasteiger partial charge in [0.2, 0.25) is 11.6 Å². The summed E-state index contributed by atoms with van der Waals surface area (Å²) in [5, 5.41) is 5.11. The summed E-state index contributed by atoms with van der Waals surface area (Å²) in [6.45, 7) is 4.70. The number of hydroxylamine groups is 2. The molecule has 6 nitrogen and oxygen atoms in total. The number of piperidine rings is 1. The van der Waals surface area contributed by atoms with Gasteiger partial charge in [-0.3, -0.25) is 4.68 Å². The zero-order chi connectivity index (χ0) is 22.8. The second-order valence-electron chi connectivity index (χ2n) is 7.68. The van der Waals surface area contributed by atoms with Crippen molar-refractivity contribution >= 4 is 0 Å². The van der Waals surface area contributed by atoms with E-state index in [9.17, 15) is 26.3 Å². The molecule has 0 saturated carbocycles. The fraction of sp³-hybridized carbons (Fsp3) is 0.579. The average Bonchev–Trinajstić information content (AvgIpc) is 3.05. The van der Waals surface area contributed by atoms with Crippen molar-refractivity contribution < 1.29 is 35.9 Å². The highest BCUT2D eigenvalue weighted by molar-refractivity contribution is 5.27. The van der Waals surface area contributed by atoms with Crippen molar-refractivity contribution in [3.05, 3.63) is 35.8 Å². The van der Waals surface area contributed by atoms with Crippen LogP contribution in [0, 0.1) is 5.92 Å². The zero-order valence-electron chi connectivity index (χ0n) is 16.9. The Morgan fingerprint density at radius 1 is 1.06 bits per heavy atom. The fourth-order valence-corrected chi connectivity index (χ4v) is 3.11. The molecule has 3 heterocycles. The van der Waals surface area contributed by atoms with Gasteiger partial charge in [0.15, 0.2) is 5.75 Å². The van der Waals surface area contributed by atoms with E-state index in [1.54, 1.807) is 0 Å². The first kappa shape index (κ1) is 23.2. The minimum absolute atomic E-state index is 0.00156. The third-order valence-corrected chi connectivity index (χ3v) is 4.53. The van der Waals surface area contributed by atoms with Crippen LogP contribution in [0.4, 0.5) is 26.3 Å². The zero-order valence-corrected chi connectivity index (χ0v) is 16.9. The van der Waals surface area contributed by atoms with E-state index in [1.807, 2.05) is 13.8 Å². The number of pyridine rings is 1. The van der Waals surface area contributed by atoms with Crippen molar-refractivity contribution in [2.24, 2.45) is 5.92 Å². The average molecular weight is 452 g/mol. The van der Waals surface area contributed by atoms with Crippen molar-refractivity contribution in [1.82, 2.24) is 19.8 Å². The summed E-state index contributed by atoms with van der Waals surface area (Å²) in [6, 6.07) is 1.98. The van der Waals surface area contributed by atoms with E-state index in [-0.39, 0.29) is 17.5 Å². The van der Waals surface area contributed by atoms with E-state index in [0.717, 1.165) is 12.1 Å². The summed E-state index contributed by atoms with van der Waals surface area (Å²) in [5.74, 6) is -0.188. The Hall–Kier alpha value is -2.50. The summed E-state index contributed by atoms with van der Waals surface area (Å²) in [7, 11) is 0. The van der Waals surface area contributed by atoms with Gasteiger partial charge in [-0.2, -0.15) is 31.4 Å². The van der Waals surface area contributed by atoms with Crippen LogP contribution in [0.25, 0.3) is 0 Å². The minimum atomic E-state index is -4.63. The van der Waals surface area contributed by atoms with Gasteiger partial charge in [-0.25, -0.2) is 4.98 Å². The Balaban J connectivity index is 1.57. The lowest BCUT2D eigenvalue weighted by Gasteiger charge is -2.31. The molecule has 1 saturated heterocycles. The number of hydrogen-bond donors (Lipinski definition) is 0. The van der Waals surface area contributed by atoms with Crippen LogP contribution < -0.4 is 9.57 Å². The highest BCUT2D eigenvalue weighted by Gasteiger charge is 2.39. The molecule has 0 spiro atoms. The van der Waals surface area contributed by atoms with Crippen LogP contribution in [0.2, 0.25) is 0 Å². The third-order valence-electron chi connectivity index (χ3n) is 4.53. The number of ether oxygens (including phenoxy) is 1. The van der Waals surface area contributed by atoms with Gasteiger partial charge in [-0.1, -0.05) is 13.8 Å². The molecule has 0 N–H and O–H groups in total. The number of aromatic nitrogens is 3. The molecule has 0 amide bonds. The molecular formula is C19H22F6N4O2. The molecule has 0 aromatic carbocycles. The lowest BCUT2D eigenvalue weighted by atomic mass is 10.1. The normalized spacial score (nSPS) is 16.7. The molecule has 1 fully saturated rings. The second kappa shape index (κ2) is 8.93. The highest BCUT2D eigenvalue weighted by Crippen LogP contribution is 2.36. The van der Waals surface area contributed by atoms with Crippen LogP contribution in [0.1, 0.15) is 37.9 Å². The molecule has 1 aliphatic heterocycles. The highest BCUT2D eigenvalue weighted by atomic mass is 19.4. The van der Waals surface area contributed by atoms with E-state index < -0.39 is 29.7 Å². The summed E-state index contributed by atoms with van der Waals surface area (Å²) in [4.78, 5) is 9.09. The van der Waals surface area contributed by atoms with E-state index in [2.05, 4.69) is 10.1 Å². The first-order valence-corrected chi connectivity index (χ1v) is 9.69. The van der Waals surface area contributed by atoms with Crippen LogP contribution in [0.3, 0.4) is 0 Å². The number of hydrogen-bond acceptors (Lipinski definition) is 5. The van der Waals surface area contributed by atoms with Crippen molar-refractivity contribution in [1.29, 1.82) is 0 Å². The minimum Gasteiger partial charge on any atom is -0.486 e. The molecule has 12 heteroatoms. The maximum atomic E-state index is 13.3. The number of halogens is 6. The smallest absolute Gasteiger partial charge is 0.438 e. The maximum absolute atomic E-state index is 13.3. The third kappa shape index (κ3) is 6.25. The molecule has 31 heavy (non-hydrogen) atoms. The van der Waals surface area contributed by atoms with Gasteiger partial charge in [0.05, 0.1) is 11.8 Å². The molecule has 2 aromatic heterocycles. The van der Waals surface area contributed by atoms with Gasteiger partial charge in [0, 0.05) is 44.7 Å². The molecule has 1 aliphatic rings. The number of alkyl halides is 6. The van der Waals surface area contributed by atoms with E-state index in [1.165, 1.54) is 15.9 Å². The Bertz CT molecular complexity index is 856. The largest absolute Gasteiger partial charge is 0.486 e. The quantitative estimate of drug-likeness (QED) is 0.589. The maximum Gasteiger partial charge on any atom is 0.438 e. The van der Waals surface area contributed by atoms with Crippen LogP contribution in [-0.4, -0.2) is 39.0 Å².